The van der Waals surface area contributed by atoms with Gasteiger partial charge in [-0.2, -0.15) is 0 Å². The minimum Gasteiger partial charge on any atom is -0.376 e. The molecule has 2 fully saturated rings. The first kappa shape index (κ1) is 19.4. The SMILES string of the molecule is CC(=O)N1CCC[C@H](N)[C@@H]1COC1CCC(c2c(C)cccc2C)CC1. The molecule has 1 aromatic rings. The number of benzene rings is 1. The highest BCUT2D eigenvalue weighted by atomic mass is 16.5. The number of carbonyl (C=O) groups is 1. The molecule has 2 atom stereocenters. The van der Waals surface area contributed by atoms with Crippen molar-refractivity contribution in [2.75, 3.05) is 13.2 Å². The van der Waals surface area contributed by atoms with Crippen LogP contribution in [0, 0.1) is 13.8 Å². The van der Waals surface area contributed by atoms with Crippen molar-refractivity contribution in [1.82, 2.24) is 4.90 Å². The second kappa shape index (κ2) is 8.53. The van der Waals surface area contributed by atoms with E-state index < -0.39 is 0 Å². The van der Waals surface area contributed by atoms with Gasteiger partial charge >= 0.3 is 0 Å². The van der Waals surface area contributed by atoms with Crippen molar-refractivity contribution in [2.45, 2.75) is 83.4 Å². The van der Waals surface area contributed by atoms with Gasteiger partial charge in [0.25, 0.3) is 0 Å². The van der Waals surface area contributed by atoms with E-state index in [1.165, 1.54) is 24.0 Å². The Morgan fingerprint density at radius 3 is 2.42 bits per heavy atom. The van der Waals surface area contributed by atoms with Gasteiger partial charge in [0.1, 0.15) is 0 Å². The average molecular weight is 359 g/mol. The van der Waals surface area contributed by atoms with Crippen molar-refractivity contribution in [3.63, 3.8) is 0 Å². The van der Waals surface area contributed by atoms with Crippen LogP contribution in [0.5, 0.6) is 0 Å². The van der Waals surface area contributed by atoms with Crippen molar-refractivity contribution >= 4 is 5.91 Å². The van der Waals surface area contributed by atoms with Crippen molar-refractivity contribution in [1.29, 1.82) is 0 Å². The van der Waals surface area contributed by atoms with Gasteiger partial charge in [-0.1, -0.05) is 18.2 Å². The minimum atomic E-state index is 0.0394. The number of nitrogens with zero attached hydrogens (tertiary/aromatic N) is 1. The zero-order valence-corrected chi connectivity index (χ0v) is 16.5. The molecule has 1 aromatic carbocycles. The molecule has 0 bridgehead atoms. The maximum atomic E-state index is 11.9. The van der Waals surface area contributed by atoms with Gasteiger partial charge in [-0.3, -0.25) is 4.79 Å². The molecule has 4 heteroatoms. The Balaban J connectivity index is 1.53. The van der Waals surface area contributed by atoms with Crippen LogP contribution in [0.25, 0.3) is 0 Å². The fourth-order valence-corrected chi connectivity index (χ4v) is 4.92. The Bertz CT molecular complexity index is 602. The number of likely N-dealkylation sites (tertiary alicyclic amines) is 1. The second-order valence-electron chi connectivity index (χ2n) is 8.20. The molecule has 0 radical (unpaired) electrons. The first-order chi connectivity index (χ1) is 12.5. The molecule has 1 aliphatic heterocycles. The molecule has 1 heterocycles. The quantitative estimate of drug-likeness (QED) is 0.893. The zero-order valence-electron chi connectivity index (χ0n) is 16.5. The summed E-state index contributed by atoms with van der Waals surface area (Å²) in [6, 6.07) is 6.69. The number of carbonyl (C=O) groups excluding carboxylic acids is 1. The first-order valence-electron chi connectivity index (χ1n) is 10.2. The van der Waals surface area contributed by atoms with Gasteiger partial charge in [-0.25, -0.2) is 0 Å². The van der Waals surface area contributed by atoms with Gasteiger partial charge in [0.2, 0.25) is 5.91 Å². The fraction of sp³-hybridized carbons (Fsp3) is 0.682. The van der Waals surface area contributed by atoms with E-state index in [1.54, 1.807) is 12.5 Å². The third kappa shape index (κ3) is 4.29. The summed E-state index contributed by atoms with van der Waals surface area (Å²) in [7, 11) is 0. The molecule has 0 spiro atoms. The lowest BCUT2D eigenvalue weighted by Gasteiger charge is -2.40. The Hall–Kier alpha value is -1.39. The van der Waals surface area contributed by atoms with Crippen molar-refractivity contribution < 1.29 is 9.53 Å². The molecule has 1 saturated heterocycles. The summed E-state index contributed by atoms with van der Waals surface area (Å²) in [6.07, 6.45) is 6.85. The van der Waals surface area contributed by atoms with E-state index in [1.807, 2.05) is 4.90 Å². The number of amides is 1. The summed E-state index contributed by atoms with van der Waals surface area (Å²) in [5.41, 5.74) is 10.7. The lowest BCUT2D eigenvalue weighted by Crippen LogP contribution is -2.56. The Morgan fingerprint density at radius 2 is 1.81 bits per heavy atom. The van der Waals surface area contributed by atoms with Gasteiger partial charge < -0.3 is 15.4 Å². The molecular formula is C22H34N2O2. The molecule has 3 rings (SSSR count). The maximum absolute atomic E-state index is 11.9. The smallest absolute Gasteiger partial charge is 0.219 e. The van der Waals surface area contributed by atoms with Gasteiger partial charge in [-0.15, -0.1) is 0 Å². The molecule has 1 aliphatic carbocycles. The predicted octanol–water partition coefficient (Wildman–Crippen LogP) is 3.68. The number of piperidine rings is 1. The average Bonchev–Trinajstić information content (AvgIpc) is 2.61. The Labute approximate surface area is 158 Å². The van der Waals surface area contributed by atoms with Crippen LogP contribution in [-0.4, -0.2) is 42.1 Å². The van der Waals surface area contributed by atoms with Crippen LogP contribution in [0.15, 0.2) is 18.2 Å². The molecule has 1 amide bonds. The lowest BCUT2D eigenvalue weighted by molar-refractivity contribution is -0.135. The maximum Gasteiger partial charge on any atom is 0.219 e. The summed E-state index contributed by atoms with van der Waals surface area (Å²) in [5, 5.41) is 0. The van der Waals surface area contributed by atoms with Crippen LogP contribution < -0.4 is 5.73 Å². The topological polar surface area (TPSA) is 55.6 Å². The van der Waals surface area contributed by atoms with Crippen LogP contribution in [0.2, 0.25) is 0 Å². The molecule has 26 heavy (non-hydrogen) atoms. The van der Waals surface area contributed by atoms with Gasteiger partial charge in [0.05, 0.1) is 18.8 Å². The third-order valence-electron chi connectivity index (χ3n) is 6.36. The van der Waals surface area contributed by atoms with Crippen LogP contribution in [-0.2, 0) is 9.53 Å². The molecule has 2 N–H and O–H groups in total. The van der Waals surface area contributed by atoms with Crippen LogP contribution in [0.1, 0.15) is 68.1 Å². The highest BCUT2D eigenvalue weighted by Gasteiger charge is 2.32. The van der Waals surface area contributed by atoms with Crippen molar-refractivity contribution in [3.8, 4) is 0 Å². The van der Waals surface area contributed by atoms with Crippen molar-refractivity contribution in [3.05, 3.63) is 34.9 Å². The van der Waals surface area contributed by atoms with E-state index in [2.05, 4.69) is 32.0 Å². The number of rotatable bonds is 4. The molecule has 2 aliphatic rings. The first-order valence-corrected chi connectivity index (χ1v) is 10.2. The fourth-order valence-electron chi connectivity index (χ4n) is 4.92. The molecule has 4 nitrogen and oxygen atoms in total. The van der Waals surface area contributed by atoms with E-state index in [0.29, 0.717) is 18.6 Å². The van der Waals surface area contributed by atoms with Crippen molar-refractivity contribution in [2.24, 2.45) is 5.73 Å². The summed E-state index contributed by atoms with van der Waals surface area (Å²) < 4.78 is 6.24. The molecule has 0 unspecified atom stereocenters. The molecule has 1 saturated carbocycles. The van der Waals surface area contributed by atoms with E-state index in [9.17, 15) is 4.79 Å². The van der Waals surface area contributed by atoms with E-state index in [-0.39, 0.29) is 18.0 Å². The standard InChI is InChI=1S/C22H34N2O2/c1-15-6-4-7-16(2)22(15)18-9-11-19(12-10-18)26-14-21-20(23)8-5-13-24(21)17(3)25/h4,6-7,18-21H,5,8-14,23H2,1-3H3/t18?,19?,20-,21-/m0/s1. The van der Waals surface area contributed by atoms with Gasteiger partial charge in [0.15, 0.2) is 0 Å². The summed E-state index contributed by atoms with van der Waals surface area (Å²) in [4.78, 5) is 13.8. The highest BCUT2D eigenvalue weighted by Crippen LogP contribution is 2.37. The van der Waals surface area contributed by atoms with Crippen LogP contribution in [0.3, 0.4) is 0 Å². The number of nitrogens with two attached hydrogens (primary N) is 1. The Morgan fingerprint density at radius 1 is 1.15 bits per heavy atom. The van der Waals surface area contributed by atoms with E-state index >= 15 is 0 Å². The molecule has 144 valence electrons. The van der Waals surface area contributed by atoms with Crippen LogP contribution in [0.4, 0.5) is 0 Å². The third-order valence-corrected chi connectivity index (χ3v) is 6.36. The number of hydrogen-bond acceptors (Lipinski definition) is 3. The second-order valence-corrected chi connectivity index (χ2v) is 8.20. The van der Waals surface area contributed by atoms with Gasteiger partial charge in [-0.05, 0) is 75.0 Å². The predicted molar refractivity (Wildman–Crippen MR) is 105 cm³/mol. The monoisotopic (exact) mass is 358 g/mol. The number of ether oxygens (including phenoxy) is 1. The highest BCUT2D eigenvalue weighted by molar-refractivity contribution is 5.73. The molecule has 0 aromatic heterocycles. The largest absolute Gasteiger partial charge is 0.376 e. The van der Waals surface area contributed by atoms with E-state index in [0.717, 1.165) is 32.2 Å². The minimum absolute atomic E-state index is 0.0394. The normalized spacial score (nSPS) is 29.6. The van der Waals surface area contributed by atoms with Gasteiger partial charge in [0, 0.05) is 19.5 Å². The zero-order chi connectivity index (χ0) is 18.7. The van der Waals surface area contributed by atoms with E-state index in [4.69, 9.17) is 10.5 Å². The number of hydrogen-bond donors (Lipinski definition) is 1. The lowest BCUT2D eigenvalue weighted by atomic mass is 9.79. The summed E-state index contributed by atoms with van der Waals surface area (Å²) >= 11 is 0. The summed E-state index contributed by atoms with van der Waals surface area (Å²) in [5.74, 6) is 0.772. The number of aryl methyl sites for hydroxylation is 2. The molecular weight excluding hydrogens is 324 g/mol. The summed E-state index contributed by atoms with van der Waals surface area (Å²) in [6.45, 7) is 7.49. The Kier molecular flexibility index (Phi) is 6.36. The van der Waals surface area contributed by atoms with Crippen LogP contribution >= 0.6 is 0 Å².